The molecule has 0 saturated carbocycles. The molecule has 1 aliphatic rings. The van der Waals surface area contributed by atoms with Crippen molar-refractivity contribution in [1.82, 2.24) is 4.98 Å². The van der Waals surface area contributed by atoms with Crippen molar-refractivity contribution in [3.8, 4) is 11.3 Å². The van der Waals surface area contributed by atoms with Crippen LogP contribution in [0.1, 0.15) is 17.7 Å². The van der Waals surface area contributed by atoms with Crippen LogP contribution in [-0.4, -0.2) is 19.9 Å². The van der Waals surface area contributed by atoms with Crippen LogP contribution in [-0.2, 0) is 22.6 Å². The van der Waals surface area contributed by atoms with Gasteiger partial charge in [0, 0.05) is 12.1 Å². The van der Waals surface area contributed by atoms with E-state index in [9.17, 15) is 21.6 Å². The fourth-order valence-electron chi connectivity index (χ4n) is 3.38. The van der Waals surface area contributed by atoms with Crippen LogP contribution in [0, 0.1) is 0 Å². The largest absolute Gasteiger partial charge is 0.416 e. The molecular weight excluding hydrogens is 401 g/mol. The first-order chi connectivity index (χ1) is 13.8. The third kappa shape index (κ3) is 3.72. The van der Waals surface area contributed by atoms with Crippen LogP contribution in [0.4, 0.5) is 18.9 Å². The van der Waals surface area contributed by atoms with Crippen LogP contribution in [0.15, 0.2) is 71.6 Å². The van der Waals surface area contributed by atoms with Crippen molar-refractivity contribution in [3.05, 3.63) is 78.0 Å². The molecule has 0 radical (unpaired) electrons. The van der Waals surface area contributed by atoms with Gasteiger partial charge in [-0.1, -0.05) is 30.3 Å². The molecule has 150 valence electrons. The van der Waals surface area contributed by atoms with Gasteiger partial charge in [-0.2, -0.15) is 13.2 Å². The molecule has 4 nitrogen and oxygen atoms in total. The lowest BCUT2D eigenvalue weighted by Crippen LogP contribution is -2.35. The van der Waals surface area contributed by atoms with E-state index in [1.165, 1.54) is 4.31 Å². The van der Waals surface area contributed by atoms with Crippen molar-refractivity contribution >= 4 is 15.7 Å². The van der Waals surface area contributed by atoms with Crippen LogP contribution in [0.5, 0.6) is 0 Å². The first kappa shape index (κ1) is 19.4. The Morgan fingerprint density at radius 2 is 1.59 bits per heavy atom. The van der Waals surface area contributed by atoms with Crippen molar-refractivity contribution in [2.75, 3.05) is 10.8 Å². The van der Waals surface area contributed by atoms with E-state index < -0.39 is 21.8 Å². The van der Waals surface area contributed by atoms with Crippen molar-refractivity contribution < 1.29 is 21.6 Å². The molecule has 1 aromatic heterocycles. The Morgan fingerprint density at radius 1 is 0.897 bits per heavy atom. The highest BCUT2D eigenvalue weighted by Crippen LogP contribution is 2.34. The minimum atomic E-state index is -4.52. The minimum absolute atomic E-state index is 0.175. The Kier molecular flexibility index (Phi) is 4.82. The summed E-state index contributed by atoms with van der Waals surface area (Å²) >= 11 is 0. The average Bonchev–Trinajstić information content (AvgIpc) is 2.73. The maximum absolute atomic E-state index is 13.1. The van der Waals surface area contributed by atoms with Crippen LogP contribution in [0.25, 0.3) is 11.3 Å². The summed E-state index contributed by atoms with van der Waals surface area (Å²) in [5.74, 6) is 0. The lowest BCUT2D eigenvalue weighted by Gasteiger charge is -2.30. The van der Waals surface area contributed by atoms with E-state index in [1.807, 2.05) is 30.3 Å². The van der Waals surface area contributed by atoms with Crippen molar-refractivity contribution in [1.29, 1.82) is 0 Å². The first-order valence-corrected chi connectivity index (χ1v) is 10.5. The number of alkyl halides is 3. The second kappa shape index (κ2) is 7.18. The number of sulfonamides is 1. The highest BCUT2D eigenvalue weighted by molar-refractivity contribution is 7.92. The zero-order chi connectivity index (χ0) is 20.6. The number of anilines is 1. The molecule has 2 heterocycles. The number of hydrogen-bond donors (Lipinski definition) is 0. The molecule has 0 fully saturated rings. The highest BCUT2D eigenvalue weighted by Gasteiger charge is 2.33. The molecule has 0 aliphatic carbocycles. The van der Waals surface area contributed by atoms with Crippen LogP contribution in [0.2, 0.25) is 0 Å². The number of aryl methyl sites for hydroxylation is 1. The molecule has 0 N–H and O–H groups in total. The van der Waals surface area contributed by atoms with Crippen molar-refractivity contribution in [2.45, 2.75) is 23.9 Å². The van der Waals surface area contributed by atoms with E-state index in [2.05, 4.69) is 4.98 Å². The van der Waals surface area contributed by atoms with Gasteiger partial charge >= 0.3 is 6.18 Å². The highest BCUT2D eigenvalue weighted by atomic mass is 32.2. The first-order valence-electron chi connectivity index (χ1n) is 9.02. The number of fused-ring (bicyclic) bond motifs is 1. The molecule has 0 bridgehead atoms. The standard InChI is InChI=1S/C21H17F3N2O2S/c22-21(23,24)16-8-10-17(11-9-16)29(27,28)26-14-4-7-19-20(26)13-12-18(25-19)15-5-2-1-3-6-15/h1-3,5-6,8-13H,4,7,14H2. The van der Waals surface area contributed by atoms with Crippen molar-refractivity contribution in [3.63, 3.8) is 0 Å². The van der Waals surface area contributed by atoms with Gasteiger partial charge in [0.25, 0.3) is 10.0 Å². The van der Waals surface area contributed by atoms with Gasteiger partial charge in [-0.3, -0.25) is 9.29 Å². The van der Waals surface area contributed by atoms with E-state index in [4.69, 9.17) is 0 Å². The Hall–Kier alpha value is -2.87. The number of benzene rings is 2. The number of pyridine rings is 1. The summed E-state index contributed by atoms with van der Waals surface area (Å²) in [5.41, 5.74) is 1.92. The van der Waals surface area contributed by atoms with Gasteiger partial charge in [0.15, 0.2) is 0 Å². The number of hydrogen-bond acceptors (Lipinski definition) is 3. The van der Waals surface area contributed by atoms with Crippen LogP contribution >= 0.6 is 0 Å². The molecule has 0 saturated heterocycles. The molecule has 4 rings (SSSR count). The minimum Gasteiger partial charge on any atom is -0.264 e. The SMILES string of the molecule is O=S(=O)(c1ccc(C(F)(F)F)cc1)N1CCCc2nc(-c3ccccc3)ccc21. The predicted molar refractivity (Wildman–Crippen MR) is 104 cm³/mol. The molecule has 3 aromatic rings. The maximum Gasteiger partial charge on any atom is 0.416 e. The second-order valence-corrected chi connectivity index (χ2v) is 8.59. The second-order valence-electron chi connectivity index (χ2n) is 6.73. The summed E-state index contributed by atoms with van der Waals surface area (Å²) < 4.78 is 65.7. The van der Waals surface area contributed by atoms with E-state index in [-0.39, 0.29) is 11.4 Å². The number of aromatic nitrogens is 1. The van der Waals surface area contributed by atoms with E-state index in [0.717, 1.165) is 35.5 Å². The van der Waals surface area contributed by atoms with Crippen LogP contribution in [0.3, 0.4) is 0 Å². The van der Waals surface area contributed by atoms with Gasteiger partial charge in [0.2, 0.25) is 0 Å². The average molecular weight is 418 g/mol. The number of rotatable bonds is 3. The Balaban J connectivity index is 1.70. The van der Waals surface area contributed by atoms with Gasteiger partial charge in [0.05, 0.1) is 27.5 Å². The number of halogens is 3. The molecule has 0 spiro atoms. The summed E-state index contributed by atoms with van der Waals surface area (Å²) in [4.78, 5) is 4.46. The molecule has 29 heavy (non-hydrogen) atoms. The zero-order valence-electron chi connectivity index (χ0n) is 15.2. The zero-order valence-corrected chi connectivity index (χ0v) is 16.0. The molecule has 1 aliphatic heterocycles. The summed E-state index contributed by atoms with van der Waals surface area (Å²) in [5, 5.41) is 0. The third-order valence-electron chi connectivity index (χ3n) is 4.83. The summed E-state index contributed by atoms with van der Waals surface area (Å²) in [6.07, 6.45) is -3.30. The van der Waals surface area contributed by atoms with Gasteiger partial charge in [0.1, 0.15) is 0 Å². The third-order valence-corrected chi connectivity index (χ3v) is 6.66. The van der Waals surface area contributed by atoms with Gasteiger partial charge in [-0.15, -0.1) is 0 Å². The summed E-state index contributed by atoms with van der Waals surface area (Å²) in [7, 11) is -3.99. The molecule has 0 atom stereocenters. The Labute approximate surface area is 166 Å². The Bertz CT molecular complexity index is 1130. The van der Waals surface area contributed by atoms with Crippen LogP contribution < -0.4 is 4.31 Å². The Morgan fingerprint density at radius 3 is 2.24 bits per heavy atom. The fourth-order valence-corrected chi connectivity index (χ4v) is 4.91. The van der Waals surface area contributed by atoms with E-state index in [0.29, 0.717) is 24.2 Å². The van der Waals surface area contributed by atoms with Gasteiger partial charge in [-0.25, -0.2) is 8.42 Å². The predicted octanol–water partition coefficient (Wildman–Crippen LogP) is 4.91. The summed E-state index contributed by atoms with van der Waals surface area (Å²) in [6.45, 7) is 0.253. The number of nitrogens with zero attached hydrogens (tertiary/aromatic N) is 2. The lowest BCUT2D eigenvalue weighted by molar-refractivity contribution is -0.137. The summed E-state index contributed by atoms with van der Waals surface area (Å²) in [6, 6.07) is 16.6. The molecule has 8 heteroatoms. The maximum atomic E-state index is 13.1. The van der Waals surface area contributed by atoms with Crippen molar-refractivity contribution in [2.24, 2.45) is 0 Å². The molecule has 0 unspecified atom stereocenters. The normalized spacial score (nSPS) is 14.5. The van der Waals surface area contributed by atoms with Gasteiger partial charge in [-0.05, 0) is 49.2 Å². The van der Waals surface area contributed by atoms with E-state index >= 15 is 0 Å². The lowest BCUT2D eigenvalue weighted by atomic mass is 10.1. The molecular formula is C21H17F3N2O2S. The fraction of sp³-hybridized carbons (Fsp3) is 0.190. The topological polar surface area (TPSA) is 50.3 Å². The monoisotopic (exact) mass is 418 g/mol. The smallest absolute Gasteiger partial charge is 0.264 e. The molecule has 0 amide bonds. The quantitative estimate of drug-likeness (QED) is 0.607. The van der Waals surface area contributed by atoms with E-state index in [1.54, 1.807) is 12.1 Å². The molecule has 2 aromatic carbocycles. The van der Waals surface area contributed by atoms with Gasteiger partial charge < -0.3 is 0 Å².